The van der Waals surface area contributed by atoms with E-state index in [0.29, 0.717) is 11.8 Å². The van der Waals surface area contributed by atoms with Crippen molar-refractivity contribution in [2.24, 2.45) is 11.8 Å². The van der Waals surface area contributed by atoms with Crippen molar-refractivity contribution in [3.63, 3.8) is 0 Å². The van der Waals surface area contributed by atoms with Gasteiger partial charge in [-0.25, -0.2) is 0 Å². The number of hydrogen-bond acceptors (Lipinski definition) is 2. The number of hydrogen-bond donors (Lipinski definition) is 0. The molecule has 0 bridgehead atoms. The highest BCUT2D eigenvalue weighted by Crippen LogP contribution is 2.55. The van der Waals surface area contributed by atoms with Crippen LogP contribution in [0.5, 0.6) is 0 Å². The number of allylic oxidation sites excluding steroid dienone is 5. The molecule has 2 aliphatic heterocycles. The molecule has 1 aromatic heterocycles. The maximum atomic E-state index is 2.58. The van der Waals surface area contributed by atoms with Gasteiger partial charge in [-0.1, -0.05) is 194 Å². The first-order valence-corrected chi connectivity index (χ1v) is 23.8. The summed E-state index contributed by atoms with van der Waals surface area (Å²) < 4.78 is 2.58. The molecule has 0 saturated heterocycles. The summed E-state index contributed by atoms with van der Waals surface area (Å²) in [6, 6.07) is 72.1. The number of benzene rings is 8. The molecule has 0 fully saturated rings. The quantitative estimate of drug-likeness (QED) is 0.165. The predicted molar refractivity (Wildman–Crippen MR) is 281 cm³/mol. The molecule has 3 nitrogen and oxygen atoms in total. The molecule has 9 aromatic rings. The number of aromatic nitrogens is 1. The first kappa shape index (κ1) is 39.2. The van der Waals surface area contributed by atoms with Gasteiger partial charge in [0.15, 0.2) is 0 Å². The Kier molecular flexibility index (Phi) is 9.42. The van der Waals surface area contributed by atoms with Crippen molar-refractivity contribution in [1.29, 1.82) is 0 Å². The Morgan fingerprint density at radius 3 is 1.99 bits per heavy atom. The Morgan fingerprint density at radius 1 is 0.507 bits per heavy atom. The van der Waals surface area contributed by atoms with Gasteiger partial charge in [-0.3, -0.25) is 0 Å². The van der Waals surface area contributed by atoms with Gasteiger partial charge in [-0.05, 0) is 99.6 Å². The van der Waals surface area contributed by atoms with Crippen LogP contribution in [-0.4, -0.2) is 16.5 Å². The molecule has 0 saturated carbocycles. The van der Waals surface area contributed by atoms with E-state index in [1.807, 2.05) is 0 Å². The molecule has 0 amide bonds. The average molecular weight is 860 g/mol. The summed E-state index contributed by atoms with van der Waals surface area (Å²) >= 11 is 0. The van der Waals surface area contributed by atoms with E-state index < -0.39 is 0 Å². The van der Waals surface area contributed by atoms with Crippen LogP contribution in [-0.2, 0) is 6.42 Å². The van der Waals surface area contributed by atoms with Gasteiger partial charge in [-0.2, -0.15) is 0 Å². The summed E-state index contributed by atoms with van der Waals surface area (Å²) in [6.07, 6.45) is 18.4. The van der Waals surface area contributed by atoms with Crippen LogP contribution >= 0.6 is 0 Å². The van der Waals surface area contributed by atoms with E-state index in [2.05, 4.69) is 258 Å². The van der Waals surface area contributed by atoms with Crippen molar-refractivity contribution in [3.05, 3.63) is 253 Å². The molecule has 3 atom stereocenters. The second-order valence-electron chi connectivity index (χ2n) is 18.4. The number of anilines is 3. The van der Waals surface area contributed by atoms with E-state index in [0.717, 1.165) is 24.2 Å². The standard InChI is InChI=1S/C64H49N3/c1-65-61(44-22-6-3-7-23-44)42-47-24-8-9-29-51(47)63(65)48-27-18-25-45(40-48)46-26-19-28-49(41-46)66-57-35-15-12-32-54(57)62-55-33-13-16-36-58(55)67(64(62)56-34-14-17-37-59(56)66)60-39-38-50(43-20-4-2-5-21-43)52-30-10-11-31-53(52)60/h2-12,14-32,34-42,47,51,63H,13,33H2,1H3. The maximum absolute atomic E-state index is 2.58. The van der Waals surface area contributed by atoms with Gasteiger partial charge >= 0.3 is 0 Å². The highest BCUT2D eigenvalue weighted by Gasteiger charge is 2.37. The predicted octanol–water partition coefficient (Wildman–Crippen LogP) is 16.4. The number of fused-ring (bicyclic) bond motifs is 9. The van der Waals surface area contributed by atoms with Crippen LogP contribution in [0.25, 0.3) is 72.9 Å². The second kappa shape index (κ2) is 16.1. The number of nitrogens with zero attached hydrogens (tertiary/aromatic N) is 3. The Labute approximate surface area is 393 Å². The van der Waals surface area contributed by atoms with E-state index in [1.165, 1.54) is 94.9 Å². The van der Waals surface area contributed by atoms with Gasteiger partial charge in [-0.15, -0.1) is 0 Å². The molecule has 0 spiro atoms. The van der Waals surface area contributed by atoms with Crippen molar-refractivity contribution in [2.45, 2.75) is 18.9 Å². The minimum Gasteiger partial charge on any atom is -0.367 e. The fourth-order valence-corrected chi connectivity index (χ4v) is 11.7. The van der Waals surface area contributed by atoms with Crippen LogP contribution in [0.15, 0.2) is 231 Å². The normalized spacial score (nSPS) is 17.8. The highest BCUT2D eigenvalue weighted by molar-refractivity contribution is 6.07. The molecular weight excluding hydrogens is 811 g/mol. The van der Waals surface area contributed by atoms with Crippen molar-refractivity contribution < 1.29 is 0 Å². The zero-order chi connectivity index (χ0) is 44.4. The van der Waals surface area contributed by atoms with Crippen LogP contribution in [0, 0.1) is 11.8 Å². The summed E-state index contributed by atoms with van der Waals surface area (Å²) in [5.74, 6) is 0.657. The molecular formula is C64H49N3. The van der Waals surface area contributed by atoms with Crippen LogP contribution in [0.2, 0.25) is 0 Å². The highest BCUT2D eigenvalue weighted by atomic mass is 15.2. The first-order valence-electron chi connectivity index (χ1n) is 23.8. The fourth-order valence-electron chi connectivity index (χ4n) is 11.7. The summed E-state index contributed by atoms with van der Waals surface area (Å²) in [5, 5.41) is 2.49. The summed E-state index contributed by atoms with van der Waals surface area (Å²) in [6.45, 7) is 0. The SMILES string of the molecule is CN1C(c2ccccc2)=CC2C=CC=CC2C1c1cccc(-c2cccc(N3c4ccccc4-c4c5c(n(-c6ccc(-c7ccccc7)c7ccccc67)c4-c4ccccc43)C=CCC5)c2)c1. The van der Waals surface area contributed by atoms with E-state index >= 15 is 0 Å². The Bertz CT molecular complexity index is 3510. The molecule has 320 valence electrons. The second-order valence-corrected chi connectivity index (χ2v) is 18.4. The van der Waals surface area contributed by atoms with Crippen molar-refractivity contribution in [1.82, 2.24) is 9.47 Å². The molecule has 67 heavy (non-hydrogen) atoms. The van der Waals surface area contributed by atoms with Crippen LogP contribution in [0.4, 0.5) is 17.1 Å². The Hall–Kier alpha value is -8.14. The molecule has 3 heterocycles. The zero-order valence-corrected chi connectivity index (χ0v) is 37.5. The van der Waals surface area contributed by atoms with Gasteiger partial charge in [0.05, 0.1) is 28.8 Å². The molecule has 3 heteroatoms. The lowest BCUT2D eigenvalue weighted by molar-refractivity contribution is 0.242. The monoisotopic (exact) mass is 859 g/mol. The lowest BCUT2D eigenvalue weighted by Crippen LogP contribution is -2.36. The van der Waals surface area contributed by atoms with E-state index in [1.54, 1.807) is 0 Å². The summed E-state index contributed by atoms with van der Waals surface area (Å²) in [5.41, 5.74) is 21.1. The average Bonchev–Trinajstić information content (AvgIpc) is 3.67. The van der Waals surface area contributed by atoms with E-state index in [9.17, 15) is 0 Å². The summed E-state index contributed by atoms with van der Waals surface area (Å²) in [4.78, 5) is 5.01. The largest absolute Gasteiger partial charge is 0.367 e. The topological polar surface area (TPSA) is 11.4 Å². The zero-order valence-electron chi connectivity index (χ0n) is 37.5. The summed E-state index contributed by atoms with van der Waals surface area (Å²) in [7, 11) is 2.27. The fraction of sp³-hybridized carbons (Fsp3) is 0.0938. The van der Waals surface area contributed by atoms with Crippen LogP contribution in [0.1, 0.15) is 34.8 Å². The van der Waals surface area contributed by atoms with Crippen LogP contribution < -0.4 is 4.90 Å². The lowest BCUT2D eigenvalue weighted by Gasteiger charge is -2.44. The van der Waals surface area contributed by atoms with Gasteiger partial charge in [0.25, 0.3) is 0 Å². The third-order valence-electron chi connectivity index (χ3n) is 14.7. The minimum atomic E-state index is 0.177. The van der Waals surface area contributed by atoms with Crippen molar-refractivity contribution in [3.8, 4) is 50.3 Å². The molecule has 0 N–H and O–H groups in total. The van der Waals surface area contributed by atoms with Gasteiger partial charge in [0.2, 0.25) is 0 Å². The van der Waals surface area contributed by atoms with Gasteiger partial charge in [0, 0.05) is 58.0 Å². The molecule has 2 aliphatic carbocycles. The Morgan fingerprint density at radius 2 is 1.16 bits per heavy atom. The van der Waals surface area contributed by atoms with E-state index in [4.69, 9.17) is 0 Å². The van der Waals surface area contributed by atoms with E-state index in [-0.39, 0.29) is 6.04 Å². The van der Waals surface area contributed by atoms with Crippen LogP contribution in [0.3, 0.4) is 0 Å². The van der Waals surface area contributed by atoms with Crippen molar-refractivity contribution in [2.75, 3.05) is 11.9 Å². The minimum absolute atomic E-state index is 0.177. The van der Waals surface area contributed by atoms with Crippen molar-refractivity contribution >= 4 is 39.6 Å². The third kappa shape index (κ3) is 6.41. The maximum Gasteiger partial charge on any atom is 0.0638 e. The molecule has 4 aliphatic rings. The number of para-hydroxylation sites is 2. The molecule has 13 rings (SSSR count). The molecule has 3 unspecified atom stereocenters. The molecule has 0 radical (unpaired) electrons. The Balaban J connectivity index is 0.963. The smallest absolute Gasteiger partial charge is 0.0638 e. The first-order chi connectivity index (χ1) is 33.2. The van der Waals surface area contributed by atoms with Gasteiger partial charge < -0.3 is 14.4 Å². The number of rotatable bonds is 6. The van der Waals surface area contributed by atoms with Gasteiger partial charge in [0.1, 0.15) is 0 Å². The lowest BCUT2D eigenvalue weighted by atomic mass is 9.75. The third-order valence-corrected chi connectivity index (χ3v) is 14.7. The molecule has 8 aromatic carbocycles.